The summed E-state index contributed by atoms with van der Waals surface area (Å²) in [5.74, 6) is -3.10. The van der Waals surface area contributed by atoms with Crippen LogP contribution in [0.5, 0.6) is 0 Å². The van der Waals surface area contributed by atoms with Gasteiger partial charge in [-0.15, -0.1) is 13.2 Å². The Bertz CT molecular complexity index is 1630. The first-order chi connectivity index (χ1) is 22.4. The molecule has 3 unspecified atom stereocenters. The first-order valence-electron chi connectivity index (χ1n) is 15.8. The van der Waals surface area contributed by atoms with E-state index in [1.54, 1.807) is 11.0 Å². The zero-order valence-corrected chi connectivity index (χ0v) is 27.3. The topological polar surface area (TPSA) is 96.4 Å². The van der Waals surface area contributed by atoms with Crippen LogP contribution in [0.2, 0.25) is 0 Å². The van der Waals surface area contributed by atoms with Gasteiger partial charge in [0, 0.05) is 17.1 Å². The standard InChI is InChI=1S/C37H39BrN2O6/c1-3-5-6-12-20-45-36(44)30-31-34(42)40(29(23-41)25-14-8-7-9-15-25)33(37(31)22-28(38)32(30)46-37)35(43)39(19-4-2)27-18-17-24-13-10-11-16-26(24)21-27/h3-4,7-11,13-18,21,28-33,41H,1-2,5-6,12,19-20,22-23H2/t28?,29-,30+,31+,32+,33?,37?/m1/s1. The number of ether oxygens (including phenoxy) is 2. The lowest BCUT2D eigenvalue weighted by molar-refractivity contribution is -0.155. The zero-order chi connectivity index (χ0) is 32.4. The highest BCUT2D eigenvalue weighted by molar-refractivity contribution is 9.09. The smallest absolute Gasteiger partial charge is 0.312 e. The molecule has 0 aromatic heterocycles. The molecule has 46 heavy (non-hydrogen) atoms. The molecule has 3 aliphatic rings. The van der Waals surface area contributed by atoms with Crippen LogP contribution in [-0.4, -0.2) is 70.1 Å². The van der Waals surface area contributed by atoms with Crippen LogP contribution in [0.4, 0.5) is 5.69 Å². The Kier molecular flexibility index (Phi) is 9.45. The Hall–Kier alpha value is -3.79. The van der Waals surface area contributed by atoms with Crippen LogP contribution < -0.4 is 4.90 Å². The number of aliphatic hydroxyl groups is 1. The Labute approximate surface area is 277 Å². The van der Waals surface area contributed by atoms with E-state index in [1.165, 1.54) is 4.90 Å². The number of fused-ring (bicyclic) bond motifs is 2. The maximum absolute atomic E-state index is 15.0. The van der Waals surface area contributed by atoms with Crippen molar-refractivity contribution in [2.24, 2.45) is 11.8 Å². The number of alkyl halides is 1. The highest BCUT2D eigenvalue weighted by Gasteiger charge is 2.77. The molecule has 3 heterocycles. The molecule has 2 bridgehead atoms. The molecular weight excluding hydrogens is 648 g/mol. The molecule has 3 saturated heterocycles. The van der Waals surface area contributed by atoms with Gasteiger partial charge in [-0.2, -0.15) is 0 Å². The minimum absolute atomic E-state index is 0.183. The van der Waals surface area contributed by atoms with Crippen molar-refractivity contribution in [2.75, 3.05) is 24.7 Å². The lowest BCUT2D eigenvalue weighted by Gasteiger charge is -2.39. The number of anilines is 1. The number of unbranched alkanes of at least 4 members (excludes halogenated alkanes) is 2. The average molecular weight is 688 g/mol. The van der Waals surface area contributed by atoms with Gasteiger partial charge in [0.15, 0.2) is 0 Å². The second-order valence-corrected chi connectivity index (χ2v) is 13.4. The maximum atomic E-state index is 15.0. The number of hydrogen-bond donors (Lipinski definition) is 1. The molecule has 0 radical (unpaired) electrons. The monoisotopic (exact) mass is 686 g/mol. The third kappa shape index (κ3) is 5.48. The fourth-order valence-corrected chi connectivity index (χ4v) is 8.53. The normalized spacial score (nSPS) is 27.0. The average Bonchev–Trinajstić information content (AvgIpc) is 3.67. The number of halogens is 1. The van der Waals surface area contributed by atoms with Gasteiger partial charge in [0.25, 0.3) is 5.91 Å². The van der Waals surface area contributed by atoms with Crippen molar-refractivity contribution in [1.29, 1.82) is 0 Å². The molecule has 9 heteroatoms. The van der Waals surface area contributed by atoms with E-state index in [0.717, 1.165) is 23.6 Å². The molecule has 3 fully saturated rings. The molecule has 6 rings (SSSR count). The number of likely N-dealkylation sites (tertiary alicyclic amines) is 1. The van der Waals surface area contributed by atoms with Gasteiger partial charge < -0.3 is 24.4 Å². The van der Waals surface area contributed by atoms with Crippen molar-refractivity contribution >= 4 is 50.2 Å². The van der Waals surface area contributed by atoms with Crippen molar-refractivity contribution in [3.8, 4) is 0 Å². The predicted octanol–water partition coefficient (Wildman–Crippen LogP) is 5.74. The number of allylic oxidation sites excluding steroid dienone is 1. The fraction of sp³-hybridized carbons (Fsp3) is 0.378. The molecule has 0 aliphatic carbocycles. The Morgan fingerprint density at radius 3 is 2.52 bits per heavy atom. The number of nitrogens with zero attached hydrogens (tertiary/aromatic N) is 2. The largest absolute Gasteiger partial charge is 0.465 e. The third-order valence-corrected chi connectivity index (χ3v) is 10.4. The van der Waals surface area contributed by atoms with Crippen LogP contribution in [0.25, 0.3) is 10.8 Å². The van der Waals surface area contributed by atoms with Crippen molar-refractivity contribution < 1.29 is 29.0 Å². The molecule has 3 aromatic carbocycles. The van der Waals surface area contributed by atoms with Gasteiger partial charge in [-0.05, 0) is 54.2 Å². The van der Waals surface area contributed by atoms with E-state index in [4.69, 9.17) is 9.47 Å². The Balaban J connectivity index is 1.43. The maximum Gasteiger partial charge on any atom is 0.312 e. The Morgan fingerprint density at radius 2 is 1.80 bits per heavy atom. The minimum Gasteiger partial charge on any atom is -0.465 e. The summed E-state index contributed by atoms with van der Waals surface area (Å²) in [6.07, 6.45) is 5.51. The molecular formula is C37H39BrN2O6. The molecule has 2 amide bonds. The first kappa shape index (κ1) is 32.2. The lowest BCUT2D eigenvalue weighted by Crippen LogP contribution is -2.57. The van der Waals surface area contributed by atoms with Gasteiger partial charge in [0.05, 0.1) is 37.2 Å². The molecule has 3 aliphatic heterocycles. The number of benzene rings is 3. The van der Waals surface area contributed by atoms with Gasteiger partial charge in [-0.3, -0.25) is 14.4 Å². The van der Waals surface area contributed by atoms with Crippen molar-refractivity contribution in [3.63, 3.8) is 0 Å². The van der Waals surface area contributed by atoms with Gasteiger partial charge in [0.1, 0.15) is 11.6 Å². The van der Waals surface area contributed by atoms with E-state index in [1.807, 2.05) is 78.9 Å². The first-order valence-corrected chi connectivity index (χ1v) is 16.8. The number of esters is 1. The van der Waals surface area contributed by atoms with Crippen LogP contribution >= 0.6 is 15.9 Å². The summed E-state index contributed by atoms with van der Waals surface area (Å²) in [7, 11) is 0. The van der Waals surface area contributed by atoms with Crippen LogP contribution in [0.15, 0.2) is 98.1 Å². The molecule has 1 N–H and O–H groups in total. The van der Waals surface area contributed by atoms with Gasteiger partial charge in [-0.25, -0.2) is 0 Å². The summed E-state index contributed by atoms with van der Waals surface area (Å²) in [6.45, 7) is 7.64. The number of rotatable bonds is 13. The summed E-state index contributed by atoms with van der Waals surface area (Å²) >= 11 is 3.73. The van der Waals surface area contributed by atoms with Crippen molar-refractivity contribution in [3.05, 3.63) is 104 Å². The van der Waals surface area contributed by atoms with E-state index in [-0.39, 0.29) is 23.9 Å². The summed E-state index contributed by atoms with van der Waals surface area (Å²) in [5.41, 5.74) is 0.0205. The molecule has 0 saturated carbocycles. The van der Waals surface area contributed by atoms with Crippen LogP contribution in [-0.2, 0) is 23.9 Å². The second kappa shape index (κ2) is 13.5. The predicted molar refractivity (Wildman–Crippen MR) is 180 cm³/mol. The molecule has 8 nitrogen and oxygen atoms in total. The van der Waals surface area contributed by atoms with E-state index >= 15 is 4.79 Å². The summed E-state index contributed by atoms with van der Waals surface area (Å²) < 4.78 is 12.4. The van der Waals surface area contributed by atoms with Crippen LogP contribution in [0.3, 0.4) is 0 Å². The lowest BCUT2D eigenvalue weighted by atomic mass is 9.70. The molecule has 3 aromatic rings. The van der Waals surface area contributed by atoms with E-state index in [2.05, 4.69) is 29.1 Å². The summed E-state index contributed by atoms with van der Waals surface area (Å²) in [6, 6.07) is 20.9. The quantitative estimate of drug-likeness (QED) is 0.107. The number of hydrogen-bond acceptors (Lipinski definition) is 6. The highest BCUT2D eigenvalue weighted by Crippen LogP contribution is 2.61. The Morgan fingerprint density at radius 1 is 1.07 bits per heavy atom. The van der Waals surface area contributed by atoms with Gasteiger partial charge >= 0.3 is 5.97 Å². The van der Waals surface area contributed by atoms with E-state index < -0.39 is 54.1 Å². The minimum atomic E-state index is -1.31. The molecule has 240 valence electrons. The second-order valence-electron chi connectivity index (χ2n) is 12.2. The van der Waals surface area contributed by atoms with Gasteiger partial charge in [0.2, 0.25) is 5.91 Å². The van der Waals surface area contributed by atoms with Crippen molar-refractivity contribution in [2.45, 2.75) is 54.3 Å². The third-order valence-electron chi connectivity index (χ3n) is 9.60. The summed E-state index contributed by atoms with van der Waals surface area (Å²) in [4.78, 5) is 46.3. The van der Waals surface area contributed by atoms with Gasteiger partial charge in [-0.1, -0.05) is 88.7 Å². The van der Waals surface area contributed by atoms with Crippen LogP contribution in [0, 0.1) is 11.8 Å². The highest BCUT2D eigenvalue weighted by atomic mass is 79.9. The fourth-order valence-electron chi connectivity index (χ4n) is 7.59. The number of carbonyl (C=O) groups is 3. The number of aliphatic hydroxyl groups excluding tert-OH is 1. The van der Waals surface area contributed by atoms with Crippen LogP contribution in [0.1, 0.15) is 37.3 Å². The van der Waals surface area contributed by atoms with E-state index in [0.29, 0.717) is 24.1 Å². The zero-order valence-electron chi connectivity index (χ0n) is 25.7. The number of carbonyl (C=O) groups excluding carboxylic acids is 3. The molecule has 1 spiro atoms. The number of amides is 2. The summed E-state index contributed by atoms with van der Waals surface area (Å²) in [5, 5.41) is 12.8. The van der Waals surface area contributed by atoms with E-state index in [9.17, 15) is 14.7 Å². The SMILES string of the molecule is C=CCCCCOC(=O)[C@H]1[C@H]2C(=O)N([C@H](CO)c3ccccc3)C(C(=O)N(CC=C)c3ccc4ccccc4c3)C23CC(Br)[C@@H]1O3. The molecule has 7 atom stereocenters. The van der Waals surface area contributed by atoms with Crippen molar-refractivity contribution in [1.82, 2.24) is 4.90 Å².